The van der Waals surface area contributed by atoms with E-state index in [0.29, 0.717) is 12.1 Å². The molecule has 0 saturated carbocycles. The van der Waals surface area contributed by atoms with Crippen molar-refractivity contribution in [2.24, 2.45) is 0 Å². The fourth-order valence-corrected chi connectivity index (χ4v) is 3.76. The second-order valence-electron chi connectivity index (χ2n) is 6.12. The largest absolute Gasteiger partial charge is 0.289 e. The quantitative estimate of drug-likeness (QED) is 0.438. The van der Waals surface area contributed by atoms with Crippen LogP contribution < -0.4 is 5.32 Å². The number of carbonyl (C=O) groups is 1. The third kappa shape index (κ3) is 5.10. The van der Waals surface area contributed by atoms with Gasteiger partial charge in [-0.15, -0.1) is 5.10 Å². The Bertz CT molecular complexity index is 1120. The van der Waals surface area contributed by atoms with Gasteiger partial charge in [-0.1, -0.05) is 54.2 Å². The lowest BCUT2D eigenvalue weighted by atomic mass is 10.2. The van der Waals surface area contributed by atoms with Crippen LogP contribution in [0.4, 0.5) is 5.95 Å². The summed E-state index contributed by atoms with van der Waals surface area (Å²) in [6.07, 6.45) is 3.34. The number of hydrogen-bond acceptors (Lipinski definition) is 5. The summed E-state index contributed by atoms with van der Waals surface area (Å²) in [4.78, 5) is 22.2. The van der Waals surface area contributed by atoms with Gasteiger partial charge in [0.1, 0.15) is 11.4 Å². The molecule has 0 bridgehead atoms. The molecule has 0 radical (unpaired) electrons. The summed E-state index contributed by atoms with van der Waals surface area (Å²) in [5, 5.41) is 7.92. The molecule has 0 unspecified atom stereocenters. The fourth-order valence-electron chi connectivity index (χ4n) is 2.65. The van der Waals surface area contributed by atoms with Crippen LogP contribution in [0.5, 0.6) is 0 Å². The van der Waals surface area contributed by atoms with E-state index in [9.17, 15) is 4.79 Å². The van der Waals surface area contributed by atoms with E-state index >= 15 is 0 Å². The van der Waals surface area contributed by atoms with Gasteiger partial charge in [-0.3, -0.25) is 10.1 Å². The van der Waals surface area contributed by atoms with Gasteiger partial charge in [0.2, 0.25) is 5.95 Å². The zero-order chi connectivity index (χ0) is 20.1. The van der Waals surface area contributed by atoms with E-state index in [4.69, 9.17) is 0 Å². The molecular formula is C21H16BrN5OS. The maximum atomic E-state index is 12.8. The average molecular weight is 466 g/mol. The van der Waals surface area contributed by atoms with E-state index < -0.39 is 0 Å². The zero-order valence-electron chi connectivity index (χ0n) is 15.2. The highest BCUT2D eigenvalue weighted by Crippen LogP contribution is 2.30. The Hall–Kier alpha value is -2.97. The van der Waals surface area contributed by atoms with Gasteiger partial charge >= 0.3 is 0 Å². The topological polar surface area (TPSA) is 72.7 Å². The van der Waals surface area contributed by atoms with Crippen LogP contribution >= 0.6 is 27.7 Å². The Morgan fingerprint density at radius 2 is 1.79 bits per heavy atom. The lowest BCUT2D eigenvalue weighted by Crippen LogP contribution is -2.14. The first-order valence-corrected chi connectivity index (χ1v) is 10.4. The number of rotatable bonds is 6. The van der Waals surface area contributed by atoms with Crippen molar-refractivity contribution in [3.8, 4) is 0 Å². The molecule has 0 spiro atoms. The SMILES string of the molecule is O=C(Nc1ncn(Cc2ccccc2)n1)c1ccccc1Sc1ccc(Br)cn1. The Morgan fingerprint density at radius 3 is 2.59 bits per heavy atom. The average Bonchev–Trinajstić information content (AvgIpc) is 3.17. The maximum Gasteiger partial charge on any atom is 0.259 e. The molecule has 0 atom stereocenters. The van der Waals surface area contributed by atoms with Gasteiger partial charge < -0.3 is 0 Å². The van der Waals surface area contributed by atoms with Gasteiger partial charge in [-0.25, -0.2) is 14.6 Å². The van der Waals surface area contributed by atoms with Crippen LogP contribution in [0.15, 0.2) is 93.6 Å². The van der Waals surface area contributed by atoms with Crippen molar-refractivity contribution in [2.75, 3.05) is 5.32 Å². The number of pyridine rings is 1. The number of hydrogen-bond donors (Lipinski definition) is 1. The molecule has 0 aliphatic rings. The summed E-state index contributed by atoms with van der Waals surface area (Å²) >= 11 is 4.81. The second-order valence-corrected chi connectivity index (χ2v) is 8.10. The molecule has 1 N–H and O–H groups in total. The number of carbonyl (C=O) groups excluding carboxylic acids is 1. The van der Waals surface area contributed by atoms with Gasteiger partial charge in [0.05, 0.1) is 12.1 Å². The van der Waals surface area contributed by atoms with E-state index in [1.54, 1.807) is 23.3 Å². The zero-order valence-corrected chi connectivity index (χ0v) is 17.6. The van der Waals surface area contributed by atoms with E-state index in [1.165, 1.54) is 11.8 Å². The lowest BCUT2D eigenvalue weighted by molar-refractivity contribution is 0.102. The molecule has 2 heterocycles. The number of halogens is 1. The molecule has 6 nitrogen and oxygen atoms in total. The van der Waals surface area contributed by atoms with Crippen LogP contribution in [0.1, 0.15) is 15.9 Å². The van der Waals surface area contributed by atoms with Crippen LogP contribution in [0.3, 0.4) is 0 Å². The summed E-state index contributed by atoms with van der Waals surface area (Å²) in [7, 11) is 0. The van der Waals surface area contributed by atoms with Crippen LogP contribution in [0.25, 0.3) is 0 Å². The maximum absolute atomic E-state index is 12.8. The Balaban J connectivity index is 1.47. The summed E-state index contributed by atoms with van der Waals surface area (Å²) in [5.41, 5.74) is 1.65. The fraction of sp³-hybridized carbons (Fsp3) is 0.0476. The third-order valence-electron chi connectivity index (χ3n) is 4.00. The minimum atomic E-state index is -0.261. The lowest BCUT2D eigenvalue weighted by Gasteiger charge is -2.08. The van der Waals surface area contributed by atoms with Crippen molar-refractivity contribution >= 4 is 39.5 Å². The van der Waals surface area contributed by atoms with Crippen molar-refractivity contribution in [2.45, 2.75) is 16.5 Å². The minimum absolute atomic E-state index is 0.261. The standard InChI is InChI=1S/C21H16BrN5OS/c22-16-10-11-19(23-12-16)29-18-9-5-4-8-17(18)20(28)25-21-24-14-27(26-21)13-15-6-2-1-3-7-15/h1-12,14H,13H2,(H,25,26,28). The van der Waals surface area contributed by atoms with Gasteiger partial charge in [0, 0.05) is 15.6 Å². The van der Waals surface area contributed by atoms with Gasteiger partial charge in [-0.05, 0) is 45.8 Å². The molecule has 2 aromatic carbocycles. The normalized spacial score (nSPS) is 10.7. The number of nitrogens with one attached hydrogen (secondary N) is 1. The van der Waals surface area contributed by atoms with Crippen LogP contribution in [-0.4, -0.2) is 25.7 Å². The molecule has 29 heavy (non-hydrogen) atoms. The van der Waals surface area contributed by atoms with Crippen LogP contribution in [0.2, 0.25) is 0 Å². The molecule has 144 valence electrons. The van der Waals surface area contributed by atoms with Gasteiger partial charge in [0.25, 0.3) is 5.91 Å². The summed E-state index contributed by atoms with van der Waals surface area (Å²) in [6.45, 7) is 0.589. The Labute approximate surface area is 180 Å². The highest BCUT2D eigenvalue weighted by atomic mass is 79.9. The van der Waals surface area contributed by atoms with Crippen molar-refractivity contribution < 1.29 is 4.79 Å². The monoisotopic (exact) mass is 465 g/mol. The molecular weight excluding hydrogens is 450 g/mol. The van der Waals surface area contributed by atoms with E-state index in [-0.39, 0.29) is 11.9 Å². The van der Waals surface area contributed by atoms with E-state index in [1.807, 2.05) is 60.7 Å². The molecule has 4 rings (SSSR count). The first kappa shape index (κ1) is 19.4. The van der Waals surface area contributed by atoms with E-state index in [2.05, 4.69) is 36.3 Å². The minimum Gasteiger partial charge on any atom is -0.289 e. The second kappa shape index (κ2) is 9.02. The smallest absolute Gasteiger partial charge is 0.259 e. The Kier molecular flexibility index (Phi) is 6.02. The molecule has 0 aliphatic heterocycles. The van der Waals surface area contributed by atoms with E-state index in [0.717, 1.165) is 20.0 Å². The summed E-state index contributed by atoms with van der Waals surface area (Å²) in [5.74, 6) is 0.00942. The van der Waals surface area contributed by atoms with Crippen molar-refractivity contribution in [1.82, 2.24) is 19.7 Å². The molecule has 8 heteroatoms. The first-order chi connectivity index (χ1) is 14.2. The number of aromatic nitrogens is 4. The van der Waals surface area contributed by atoms with Crippen molar-refractivity contribution in [3.63, 3.8) is 0 Å². The summed E-state index contributed by atoms with van der Waals surface area (Å²) in [6, 6.07) is 21.2. The number of anilines is 1. The predicted octanol–water partition coefficient (Wildman–Crippen LogP) is 4.89. The molecule has 2 aromatic heterocycles. The molecule has 4 aromatic rings. The highest BCUT2D eigenvalue weighted by Gasteiger charge is 2.14. The number of benzene rings is 2. The van der Waals surface area contributed by atoms with Crippen LogP contribution in [-0.2, 0) is 6.54 Å². The van der Waals surface area contributed by atoms with Crippen molar-refractivity contribution in [1.29, 1.82) is 0 Å². The summed E-state index contributed by atoms with van der Waals surface area (Å²) < 4.78 is 2.60. The molecule has 0 saturated heterocycles. The molecule has 0 aliphatic carbocycles. The first-order valence-electron chi connectivity index (χ1n) is 8.80. The Morgan fingerprint density at radius 1 is 1.00 bits per heavy atom. The van der Waals surface area contributed by atoms with Gasteiger partial charge in [0.15, 0.2) is 0 Å². The van der Waals surface area contributed by atoms with Crippen molar-refractivity contribution in [3.05, 3.63) is 94.9 Å². The number of nitrogens with zero attached hydrogens (tertiary/aromatic N) is 4. The van der Waals surface area contributed by atoms with Gasteiger partial charge in [-0.2, -0.15) is 0 Å². The highest BCUT2D eigenvalue weighted by molar-refractivity contribution is 9.10. The molecule has 0 fully saturated rings. The third-order valence-corrected chi connectivity index (χ3v) is 5.49. The predicted molar refractivity (Wildman–Crippen MR) is 116 cm³/mol. The van der Waals surface area contributed by atoms with Crippen LogP contribution in [0, 0.1) is 0 Å². The number of amides is 1. The molecule has 1 amide bonds.